The molecule has 1 heteroatoms. The lowest BCUT2D eigenvalue weighted by Crippen LogP contribution is -2.09. The summed E-state index contributed by atoms with van der Waals surface area (Å²) in [5, 5.41) is 0.867. The van der Waals surface area contributed by atoms with Crippen LogP contribution < -0.4 is 0 Å². The predicted molar refractivity (Wildman–Crippen MR) is 80.0 cm³/mol. The maximum Gasteiger partial charge on any atom is 0.0444 e. The Morgan fingerprint density at radius 2 is 1.56 bits per heavy atom. The first-order valence-electron chi connectivity index (χ1n) is 6.29. The quantitative estimate of drug-likeness (QED) is 0.658. The van der Waals surface area contributed by atoms with Crippen LogP contribution in [0.2, 0.25) is 5.02 Å². The van der Waals surface area contributed by atoms with E-state index in [0.717, 1.165) is 11.4 Å². The molecule has 0 atom stereocenters. The van der Waals surface area contributed by atoms with Gasteiger partial charge in [-0.2, -0.15) is 0 Å². The van der Waals surface area contributed by atoms with Crippen LogP contribution in [0.15, 0.2) is 48.5 Å². The molecule has 2 rings (SSSR count). The van der Waals surface area contributed by atoms with Crippen molar-refractivity contribution in [3.8, 4) is 11.1 Å². The molecule has 0 saturated carbocycles. The average Bonchev–Trinajstić information content (AvgIpc) is 2.31. The van der Waals surface area contributed by atoms with Gasteiger partial charge in [0.2, 0.25) is 0 Å². The van der Waals surface area contributed by atoms with Gasteiger partial charge >= 0.3 is 0 Å². The highest BCUT2D eigenvalue weighted by Crippen LogP contribution is 2.29. The summed E-state index contributed by atoms with van der Waals surface area (Å²) < 4.78 is 0. The molecule has 0 heterocycles. The molecule has 94 valence electrons. The molecule has 0 saturated heterocycles. The highest BCUT2D eigenvalue weighted by atomic mass is 35.5. The maximum absolute atomic E-state index is 6.39. The van der Waals surface area contributed by atoms with E-state index in [2.05, 4.69) is 51.1 Å². The molecule has 0 aliphatic rings. The standard InChI is InChI=1S/C17H19Cl/c1-17(2,3)12-15-10-9-14(11-16(15)18)13-7-5-4-6-8-13/h4-11H,12H2,1-3H3. The molecule has 0 aliphatic heterocycles. The molecule has 18 heavy (non-hydrogen) atoms. The molecule has 0 amide bonds. The molecule has 0 aromatic heterocycles. The Balaban J connectivity index is 2.31. The molecular weight excluding hydrogens is 240 g/mol. The van der Waals surface area contributed by atoms with E-state index in [-0.39, 0.29) is 5.41 Å². The van der Waals surface area contributed by atoms with Crippen LogP contribution in [0.4, 0.5) is 0 Å². The largest absolute Gasteiger partial charge is 0.0840 e. The summed E-state index contributed by atoms with van der Waals surface area (Å²) in [7, 11) is 0. The second-order valence-corrected chi connectivity index (χ2v) is 6.32. The molecule has 2 aromatic rings. The molecule has 2 aromatic carbocycles. The zero-order valence-electron chi connectivity index (χ0n) is 11.2. The Morgan fingerprint density at radius 3 is 2.11 bits per heavy atom. The van der Waals surface area contributed by atoms with E-state index in [1.807, 2.05) is 18.2 Å². The van der Waals surface area contributed by atoms with Gasteiger partial charge in [0.05, 0.1) is 0 Å². The second-order valence-electron chi connectivity index (χ2n) is 5.91. The van der Waals surface area contributed by atoms with Crippen LogP contribution in [0.1, 0.15) is 26.3 Å². The fraction of sp³-hybridized carbons (Fsp3) is 0.294. The van der Waals surface area contributed by atoms with Gasteiger partial charge in [0.25, 0.3) is 0 Å². The Hall–Kier alpha value is -1.27. The lowest BCUT2D eigenvalue weighted by atomic mass is 9.87. The number of benzene rings is 2. The molecule has 0 spiro atoms. The van der Waals surface area contributed by atoms with E-state index in [1.165, 1.54) is 16.7 Å². The molecular formula is C17H19Cl. The fourth-order valence-electron chi connectivity index (χ4n) is 2.07. The molecule has 0 unspecified atom stereocenters. The van der Waals surface area contributed by atoms with Crippen LogP contribution in [-0.2, 0) is 6.42 Å². The summed E-state index contributed by atoms with van der Waals surface area (Å²) in [6, 6.07) is 16.7. The second kappa shape index (κ2) is 5.16. The van der Waals surface area contributed by atoms with Crippen LogP contribution >= 0.6 is 11.6 Å². The Morgan fingerprint density at radius 1 is 0.889 bits per heavy atom. The lowest BCUT2D eigenvalue weighted by molar-refractivity contribution is 0.411. The van der Waals surface area contributed by atoms with Gasteiger partial charge in [-0.05, 0) is 34.6 Å². The minimum Gasteiger partial charge on any atom is -0.0840 e. The van der Waals surface area contributed by atoms with E-state index in [9.17, 15) is 0 Å². The van der Waals surface area contributed by atoms with Crippen molar-refractivity contribution in [2.75, 3.05) is 0 Å². The van der Waals surface area contributed by atoms with Crippen molar-refractivity contribution < 1.29 is 0 Å². The molecule has 0 fully saturated rings. The van der Waals surface area contributed by atoms with Crippen molar-refractivity contribution in [1.82, 2.24) is 0 Å². The third-order valence-corrected chi connectivity index (χ3v) is 3.23. The normalized spacial score (nSPS) is 11.6. The van der Waals surface area contributed by atoms with Crippen molar-refractivity contribution in [2.45, 2.75) is 27.2 Å². The highest BCUT2D eigenvalue weighted by Gasteiger charge is 2.13. The third-order valence-electron chi connectivity index (χ3n) is 2.88. The van der Waals surface area contributed by atoms with Crippen LogP contribution in [-0.4, -0.2) is 0 Å². The smallest absolute Gasteiger partial charge is 0.0444 e. The van der Waals surface area contributed by atoms with Crippen molar-refractivity contribution in [2.24, 2.45) is 5.41 Å². The first-order valence-corrected chi connectivity index (χ1v) is 6.67. The minimum absolute atomic E-state index is 0.262. The lowest BCUT2D eigenvalue weighted by Gasteiger charge is -2.19. The Labute approximate surface area is 115 Å². The first-order chi connectivity index (χ1) is 8.46. The molecule has 0 radical (unpaired) electrons. The van der Waals surface area contributed by atoms with Crippen molar-refractivity contribution in [3.63, 3.8) is 0 Å². The number of rotatable bonds is 2. The van der Waals surface area contributed by atoms with Gasteiger partial charge in [0.15, 0.2) is 0 Å². The summed E-state index contributed by atoms with van der Waals surface area (Å²) in [4.78, 5) is 0. The SMILES string of the molecule is CC(C)(C)Cc1ccc(-c2ccccc2)cc1Cl. The van der Waals surface area contributed by atoms with Crippen molar-refractivity contribution >= 4 is 11.6 Å². The van der Waals surface area contributed by atoms with Gasteiger partial charge in [-0.3, -0.25) is 0 Å². The van der Waals surface area contributed by atoms with Gasteiger partial charge in [-0.1, -0.05) is 74.8 Å². The van der Waals surface area contributed by atoms with E-state index < -0.39 is 0 Å². The molecule has 0 bridgehead atoms. The van der Waals surface area contributed by atoms with Gasteiger partial charge in [-0.25, -0.2) is 0 Å². The van der Waals surface area contributed by atoms with Gasteiger partial charge in [0.1, 0.15) is 0 Å². The summed E-state index contributed by atoms with van der Waals surface area (Å²) >= 11 is 6.39. The molecule has 0 aliphatic carbocycles. The maximum atomic E-state index is 6.39. The summed E-state index contributed by atoms with van der Waals surface area (Å²) in [5.41, 5.74) is 3.88. The van der Waals surface area contributed by atoms with Crippen LogP contribution in [0, 0.1) is 5.41 Å². The van der Waals surface area contributed by atoms with E-state index in [0.29, 0.717) is 0 Å². The van der Waals surface area contributed by atoms with Crippen LogP contribution in [0.25, 0.3) is 11.1 Å². The zero-order valence-corrected chi connectivity index (χ0v) is 12.0. The average molecular weight is 259 g/mol. The van der Waals surface area contributed by atoms with Gasteiger partial charge in [-0.15, -0.1) is 0 Å². The topological polar surface area (TPSA) is 0 Å². The highest BCUT2D eigenvalue weighted by molar-refractivity contribution is 6.31. The van der Waals surface area contributed by atoms with Gasteiger partial charge < -0.3 is 0 Å². The summed E-state index contributed by atoms with van der Waals surface area (Å²) in [5.74, 6) is 0. The van der Waals surface area contributed by atoms with Crippen LogP contribution in [0.3, 0.4) is 0 Å². The molecule has 0 nitrogen and oxygen atoms in total. The third kappa shape index (κ3) is 3.36. The number of hydrogen-bond acceptors (Lipinski definition) is 0. The minimum atomic E-state index is 0.262. The molecule has 0 N–H and O–H groups in total. The van der Waals surface area contributed by atoms with E-state index in [4.69, 9.17) is 11.6 Å². The first kappa shape index (κ1) is 13.2. The van der Waals surface area contributed by atoms with Gasteiger partial charge in [0, 0.05) is 5.02 Å². The fourth-order valence-corrected chi connectivity index (χ4v) is 2.32. The predicted octanol–water partition coefficient (Wildman–Crippen LogP) is 5.60. The zero-order chi connectivity index (χ0) is 13.2. The number of halogens is 1. The van der Waals surface area contributed by atoms with Crippen molar-refractivity contribution in [3.05, 3.63) is 59.1 Å². The summed E-state index contributed by atoms with van der Waals surface area (Å²) in [6.07, 6.45) is 1.00. The monoisotopic (exact) mass is 258 g/mol. The Kier molecular flexibility index (Phi) is 3.77. The summed E-state index contributed by atoms with van der Waals surface area (Å²) in [6.45, 7) is 6.69. The van der Waals surface area contributed by atoms with E-state index in [1.54, 1.807) is 0 Å². The number of hydrogen-bond donors (Lipinski definition) is 0. The van der Waals surface area contributed by atoms with E-state index >= 15 is 0 Å². The Bertz CT molecular complexity index is 521. The van der Waals surface area contributed by atoms with Crippen LogP contribution in [0.5, 0.6) is 0 Å². The van der Waals surface area contributed by atoms with Crippen molar-refractivity contribution in [1.29, 1.82) is 0 Å².